The van der Waals surface area contributed by atoms with Crippen LogP contribution in [0.5, 0.6) is 0 Å². The number of anilines is 2. The summed E-state index contributed by atoms with van der Waals surface area (Å²) < 4.78 is 0. The third kappa shape index (κ3) is 2.03. The number of fused-ring (bicyclic) bond motifs is 2. The van der Waals surface area contributed by atoms with Crippen LogP contribution in [0, 0.1) is 11.3 Å². The van der Waals surface area contributed by atoms with Gasteiger partial charge in [0.1, 0.15) is 11.0 Å². The lowest BCUT2D eigenvalue weighted by atomic mass is 10.2. The Morgan fingerprint density at radius 2 is 2.05 bits per heavy atom. The fourth-order valence-corrected chi connectivity index (χ4v) is 2.38. The highest BCUT2D eigenvalue weighted by atomic mass is 35.5. The molecule has 0 fully saturated rings. The number of aliphatic imine (C=N–C) groups is 1. The smallest absolute Gasteiger partial charge is 0.142 e. The molecule has 1 aromatic carbocycles. The molecule has 4 nitrogen and oxygen atoms in total. The number of nitrogens with one attached hydrogen (secondary N) is 1. The van der Waals surface area contributed by atoms with Crippen molar-refractivity contribution in [3.63, 3.8) is 0 Å². The molecule has 1 N–H and O–H groups in total. The normalized spacial score (nSPS) is 12.4. The fourth-order valence-electron chi connectivity index (χ4n) is 1.82. The first-order chi connectivity index (χ1) is 9.19. The lowest BCUT2D eigenvalue weighted by molar-refractivity contribution is 1.30. The monoisotopic (exact) mass is 288 g/mol. The highest BCUT2D eigenvalue weighted by Gasteiger charge is 2.19. The molecule has 0 amide bonds. The van der Waals surface area contributed by atoms with E-state index < -0.39 is 0 Å². The first kappa shape index (κ1) is 12.0. The van der Waals surface area contributed by atoms with Gasteiger partial charge in [-0.3, -0.25) is 0 Å². The molecule has 0 bridgehead atoms. The molecule has 0 unspecified atom stereocenters. The maximum atomic E-state index is 8.91. The minimum atomic E-state index is 0.245. The summed E-state index contributed by atoms with van der Waals surface area (Å²) in [5.74, 6) is 0.546. The molecule has 0 atom stereocenters. The number of benzene rings is 1. The van der Waals surface area contributed by atoms with Gasteiger partial charge in [-0.25, -0.2) is 9.98 Å². The Morgan fingerprint density at radius 3 is 2.84 bits per heavy atom. The zero-order chi connectivity index (χ0) is 13.4. The van der Waals surface area contributed by atoms with E-state index in [1.165, 1.54) is 0 Å². The largest absolute Gasteiger partial charge is 0.338 e. The van der Waals surface area contributed by atoms with Gasteiger partial charge in [-0.2, -0.15) is 5.26 Å². The Balaban J connectivity index is 2.25. The summed E-state index contributed by atoms with van der Waals surface area (Å²) in [7, 11) is 0. The van der Waals surface area contributed by atoms with Crippen LogP contribution < -0.4 is 5.32 Å². The second-order valence-electron chi connectivity index (χ2n) is 3.89. The first-order valence-corrected chi connectivity index (χ1v) is 6.15. The fraction of sp³-hybridized carbons (Fsp3) is 0. The average molecular weight is 289 g/mol. The van der Waals surface area contributed by atoms with Crippen molar-refractivity contribution in [3.05, 3.63) is 46.6 Å². The topological polar surface area (TPSA) is 61.1 Å². The van der Waals surface area contributed by atoms with Crippen molar-refractivity contribution in [2.75, 3.05) is 5.32 Å². The van der Waals surface area contributed by atoms with Gasteiger partial charge in [0.25, 0.3) is 0 Å². The summed E-state index contributed by atoms with van der Waals surface area (Å²) in [4.78, 5) is 8.50. The molecule has 1 aliphatic heterocycles. The van der Waals surface area contributed by atoms with Crippen LogP contribution in [0.1, 0.15) is 11.1 Å². The molecule has 1 aromatic heterocycles. The van der Waals surface area contributed by atoms with Gasteiger partial charge in [0, 0.05) is 6.20 Å². The molecule has 19 heavy (non-hydrogen) atoms. The van der Waals surface area contributed by atoms with Crippen LogP contribution in [-0.4, -0.2) is 10.2 Å². The van der Waals surface area contributed by atoms with E-state index in [-0.39, 0.29) is 5.17 Å². The second-order valence-corrected chi connectivity index (χ2v) is 4.65. The van der Waals surface area contributed by atoms with Crippen molar-refractivity contribution in [3.8, 4) is 6.07 Å². The number of pyridine rings is 1. The number of halogens is 2. The number of hydrogen-bond acceptors (Lipinski definition) is 4. The second kappa shape index (κ2) is 4.54. The van der Waals surface area contributed by atoms with E-state index in [2.05, 4.69) is 21.4 Å². The van der Waals surface area contributed by atoms with Crippen molar-refractivity contribution in [2.24, 2.45) is 4.99 Å². The Bertz CT molecular complexity index is 747. The quantitative estimate of drug-likeness (QED) is 0.797. The van der Waals surface area contributed by atoms with E-state index in [0.29, 0.717) is 27.7 Å². The molecular weight excluding hydrogens is 283 g/mol. The molecule has 0 saturated heterocycles. The van der Waals surface area contributed by atoms with Crippen LogP contribution in [0.2, 0.25) is 5.02 Å². The number of aromatic nitrogens is 1. The number of nitriles is 1. The molecule has 0 saturated carbocycles. The van der Waals surface area contributed by atoms with Crippen LogP contribution in [0.3, 0.4) is 0 Å². The number of nitrogens with zero attached hydrogens (tertiary/aromatic N) is 3. The Hall–Kier alpha value is -2.09. The average Bonchev–Trinajstić information content (AvgIpc) is 2.54. The van der Waals surface area contributed by atoms with Gasteiger partial charge in [-0.05, 0) is 24.3 Å². The van der Waals surface area contributed by atoms with E-state index in [4.69, 9.17) is 28.5 Å². The lowest BCUT2D eigenvalue weighted by Gasteiger charge is -2.08. The summed E-state index contributed by atoms with van der Waals surface area (Å²) in [6.45, 7) is 0. The van der Waals surface area contributed by atoms with E-state index in [0.717, 1.165) is 5.69 Å². The zero-order valence-electron chi connectivity index (χ0n) is 9.48. The Labute approximate surface area is 119 Å². The van der Waals surface area contributed by atoms with E-state index in [9.17, 15) is 0 Å². The highest BCUT2D eigenvalue weighted by molar-refractivity contribution is 6.71. The summed E-state index contributed by atoms with van der Waals surface area (Å²) in [6, 6.07) is 8.83. The van der Waals surface area contributed by atoms with Gasteiger partial charge < -0.3 is 5.32 Å². The minimum absolute atomic E-state index is 0.245. The summed E-state index contributed by atoms with van der Waals surface area (Å²) in [6.07, 6.45) is 1.59. The van der Waals surface area contributed by atoms with Crippen LogP contribution in [0.4, 0.5) is 17.2 Å². The lowest BCUT2D eigenvalue weighted by Crippen LogP contribution is -2.00. The molecule has 2 aromatic rings. The van der Waals surface area contributed by atoms with Gasteiger partial charge in [-0.1, -0.05) is 23.2 Å². The predicted molar refractivity (Wildman–Crippen MR) is 75.7 cm³/mol. The van der Waals surface area contributed by atoms with E-state index in [1.54, 1.807) is 30.5 Å². The molecule has 2 heterocycles. The molecule has 0 spiro atoms. The van der Waals surface area contributed by atoms with Gasteiger partial charge in [0.05, 0.1) is 33.6 Å². The standard InChI is InChI=1S/C13H6Cl2N4/c14-8-3-4-17-13-11(8)12(15)18-10-5-7(6-16)1-2-9(10)19-13/h1-5H,(H,17,19). The van der Waals surface area contributed by atoms with Gasteiger partial charge in [0.2, 0.25) is 0 Å². The van der Waals surface area contributed by atoms with E-state index >= 15 is 0 Å². The summed E-state index contributed by atoms with van der Waals surface area (Å²) in [5, 5.41) is 12.7. The van der Waals surface area contributed by atoms with Gasteiger partial charge >= 0.3 is 0 Å². The Morgan fingerprint density at radius 1 is 1.21 bits per heavy atom. The SMILES string of the molecule is N#Cc1ccc2c(c1)N=C(Cl)c1c(Cl)ccnc1N2. The number of rotatable bonds is 0. The maximum absolute atomic E-state index is 8.91. The first-order valence-electron chi connectivity index (χ1n) is 5.39. The van der Waals surface area contributed by atoms with Gasteiger partial charge in [0.15, 0.2) is 0 Å². The zero-order valence-corrected chi connectivity index (χ0v) is 11.0. The molecular formula is C13H6Cl2N4. The van der Waals surface area contributed by atoms with Crippen molar-refractivity contribution in [1.29, 1.82) is 5.26 Å². The van der Waals surface area contributed by atoms with Crippen LogP contribution in [0.25, 0.3) is 0 Å². The van der Waals surface area contributed by atoms with Crippen molar-refractivity contribution in [1.82, 2.24) is 4.98 Å². The summed E-state index contributed by atoms with van der Waals surface area (Å²) >= 11 is 12.3. The Kier molecular flexibility index (Phi) is 2.86. The van der Waals surface area contributed by atoms with Crippen LogP contribution in [0.15, 0.2) is 35.5 Å². The minimum Gasteiger partial charge on any atom is -0.338 e. The van der Waals surface area contributed by atoms with Crippen LogP contribution in [-0.2, 0) is 0 Å². The molecule has 3 rings (SSSR count). The van der Waals surface area contributed by atoms with Crippen LogP contribution >= 0.6 is 23.2 Å². The maximum Gasteiger partial charge on any atom is 0.142 e. The highest BCUT2D eigenvalue weighted by Crippen LogP contribution is 2.36. The van der Waals surface area contributed by atoms with E-state index in [1.807, 2.05) is 0 Å². The number of hydrogen-bond donors (Lipinski definition) is 1. The predicted octanol–water partition coefficient (Wildman–Crippen LogP) is 3.98. The molecule has 1 aliphatic rings. The van der Waals surface area contributed by atoms with Gasteiger partial charge in [-0.15, -0.1) is 0 Å². The third-order valence-electron chi connectivity index (χ3n) is 2.70. The molecule has 0 aliphatic carbocycles. The molecule has 0 radical (unpaired) electrons. The van der Waals surface area contributed by atoms with Crippen molar-refractivity contribution < 1.29 is 0 Å². The molecule has 6 heteroatoms. The molecule has 92 valence electrons. The van der Waals surface area contributed by atoms with Crippen molar-refractivity contribution >= 4 is 45.6 Å². The van der Waals surface area contributed by atoms with Crippen molar-refractivity contribution in [2.45, 2.75) is 0 Å². The summed E-state index contributed by atoms with van der Waals surface area (Å²) in [5.41, 5.74) is 2.38. The third-order valence-corrected chi connectivity index (χ3v) is 3.29.